The van der Waals surface area contributed by atoms with E-state index in [1.165, 1.54) is 7.11 Å². The van der Waals surface area contributed by atoms with Gasteiger partial charge in [0.05, 0.1) is 18.7 Å². The fraction of sp³-hybridized carbons (Fsp3) is 0.263. The minimum Gasteiger partial charge on any atom is -0.467 e. The molecular formula is C19H17ClN2O3S. The molecule has 0 spiro atoms. The number of ether oxygens (including phenoxy) is 2. The molecule has 0 aromatic heterocycles. The third kappa shape index (κ3) is 2.70. The Morgan fingerprint density at radius 3 is 2.77 bits per heavy atom. The summed E-state index contributed by atoms with van der Waals surface area (Å²) >= 11 is 11.6. The van der Waals surface area contributed by atoms with E-state index in [0.717, 1.165) is 17.0 Å². The van der Waals surface area contributed by atoms with Gasteiger partial charge in [-0.2, -0.15) is 0 Å². The first kappa shape index (κ1) is 17.1. The summed E-state index contributed by atoms with van der Waals surface area (Å²) in [6, 6.07) is 12.8. The van der Waals surface area contributed by atoms with Gasteiger partial charge in [-0.1, -0.05) is 11.6 Å². The van der Waals surface area contributed by atoms with E-state index in [-0.39, 0.29) is 12.0 Å². The summed E-state index contributed by atoms with van der Waals surface area (Å²) in [6.07, 6.45) is 0.674. The second kappa shape index (κ2) is 6.14. The van der Waals surface area contributed by atoms with Crippen molar-refractivity contribution in [3.05, 3.63) is 58.6 Å². The number of halogens is 1. The van der Waals surface area contributed by atoms with E-state index in [0.29, 0.717) is 22.1 Å². The quantitative estimate of drug-likeness (QED) is 0.618. The summed E-state index contributed by atoms with van der Waals surface area (Å²) in [6.45, 7) is 2.01. The van der Waals surface area contributed by atoms with E-state index in [1.54, 1.807) is 12.1 Å². The van der Waals surface area contributed by atoms with Gasteiger partial charge in [-0.05, 0) is 61.6 Å². The second-order valence-corrected chi connectivity index (χ2v) is 7.36. The van der Waals surface area contributed by atoms with E-state index >= 15 is 0 Å². The van der Waals surface area contributed by atoms with E-state index in [9.17, 15) is 4.79 Å². The maximum Gasteiger partial charge on any atom is 0.337 e. The molecule has 1 saturated heterocycles. The molecule has 26 heavy (non-hydrogen) atoms. The first-order valence-corrected chi connectivity index (χ1v) is 8.97. The van der Waals surface area contributed by atoms with Crippen LogP contribution in [-0.4, -0.2) is 23.9 Å². The monoisotopic (exact) mass is 388 g/mol. The zero-order chi connectivity index (χ0) is 18.5. The Bertz CT molecular complexity index is 902. The fourth-order valence-corrected chi connectivity index (χ4v) is 4.17. The molecule has 5 nitrogen and oxygen atoms in total. The van der Waals surface area contributed by atoms with E-state index < -0.39 is 5.72 Å². The normalized spacial score (nSPS) is 23.6. The van der Waals surface area contributed by atoms with Crippen molar-refractivity contribution in [1.82, 2.24) is 5.32 Å². The zero-order valence-corrected chi connectivity index (χ0v) is 15.9. The van der Waals surface area contributed by atoms with Gasteiger partial charge in [0.25, 0.3) is 0 Å². The first-order chi connectivity index (χ1) is 12.4. The van der Waals surface area contributed by atoms with Crippen LogP contribution in [0.4, 0.5) is 5.69 Å². The molecule has 2 aliphatic heterocycles. The maximum absolute atomic E-state index is 11.8. The molecule has 0 amide bonds. The molecule has 2 bridgehead atoms. The Morgan fingerprint density at radius 2 is 2.08 bits per heavy atom. The summed E-state index contributed by atoms with van der Waals surface area (Å²) in [7, 11) is 1.37. The number of methoxy groups -OCH3 is 1. The Balaban J connectivity index is 1.75. The second-order valence-electron chi connectivity index (χ2n) is 6.54. The van der Waals surface area contributed by atoms with Crippen LogP contribution in [0.25, 0.3) is 0 Å². The van der Waals surface area contributed by atoms with Crippen LogP contribution in [0.2, 0.25) is 5.02 Å². The number of anilines is 1. The molecule has 0 aliphatic carbocycles. The number of carbonyl (C=O) groups is 1. The molecule has 2 aliphatic rings. The number of carbonyl (C=O) groups excluding carboxylic acids is 1. The Kier molecular flexibility index (Phi) is 4.04. The van der Waals surface area contributed by atoms with Gasteiger partial charge in [-0.3, -0.25) is 4.90 Å². The van der Waals surface area contributed by atoms with Crippen molar-refractivity contribution >= 4 is 40.6 Å². The van der Waals surface area contributed by atoms with Gasteiger partial charge < -0.3 is 14.8 Å². The minimum absolute atomic E-state index is 0.0376. The molecule has 0 radical (unpaired) electrons. The van der Waals surface area contributed by atoms with Crippen LogP contribution < -0.4 is 15.0 Å². The summed E-state index contributed by atoms with van der Waals surface area (Å²) in [5.74, 6) is 0.354. The Hall–Kier alpha value is -2.31. The lowest BCUT2D eigenvalue weighted by molar-refractivity contribution is 0.0494. The number of rotatable bonds is 2. The SMILES string of the molecule is COC(=O)c1ccc2c(c1)C1CC(C)(O2)N(c2ccc(Cl)cc2)C(=S)N1. The minimum atomic E-state index is -0.638. The molecule has 2 atom stereocenters. The van der Waals surface area contributed by atoms with Gasteiger partial charge in [0.2, 0.25) is 0 Å². The molecule has 7 heteroatoms. The third-order valence-corrected chi connectivity index (χ3v) is 5.33. The number of nitrogens with one attached hydrogen (secondary N) is 1. The average Bonchev–Trinajstić information content (AvgIpc) is 2.61. The molecule has 0 saturated carbocycles. The zero-order valence-electron chi connectivity index (χ0n) is 14.3. The first-order valence-electron chi connectivity index (χ1n) is 8.19. The van der Waals surface area contributed by atoms with Gasteiger partial charge in [-0.15, -0.1) is 0 Å². The van der Waals surface area contributed by atoms with Crippen molar-refractivity contribution in [2.75, 3.05) is 12.0 Å². The smallest absolute Gasteiger partial charge is 0.337 e. The summed E-state index contributed by atoms with van der Waals surface area (Å²) in [4.78, 5) is 13.8. The number of fused-ring (bicyclic) bond motifs is 4. The number of esters is 1. The van der Waals surface area contributed by atoms with Crippen LogP contribution in [0.3, 0.4) is 0 Å². The number of hydrogen-bond acceptors (Lipinski definition) is 4. The summed E-state index contributed by atoms with van der Waals surface area (Å²) in [5, 5.41) is 4.60. The third-order valence-electron chi connectivity index (χ3n) is 4.78. The van der Waals surface area contributed by atoms with Crippen molar-refractivity contribution in [3.63, 3.8) is 0 Å². The fourth-order valence-electron chi connectivity index (χ4n) is 3.60. The van der Waals surface area contributed by atoms with Gasteiger partial charge in [0, 0.05) is 22.7 Å². The van der Waals surface area contributed by atoms with Gasteiger partial charge in [0.1, 0.15) is 5.75 Å². The van der Waals surface area contributed by atoms with Crippen LogP contribution in [0.1, 0.15) is 35.3 Å². The van der Waals surface area contributed by atoms with Crippen molar-refractivity contribution in [2.45, 2.75) is 25.1 Å². The largest absolute Gasteiger partial charge is 0.467 e. The lowest BCUT2D eigenvalue weighted by atomic mass is 9.89. The molecule has 2 heterocycles. The summed E-state index contributed by atoms with van der Waals surface area (Å²) in [5.41, 5.74) is 1.66. The van der Waals surface area contributed by atoms with Crippen LogP contribution in [-0.2, 0) is 4.74 Å². The van der Waals surface area contributed by atoms with Crippen molar-refractivity contribution < 1.29 is 14.3 Å². The van der Waals surface area contributed by atoms with Crippen LogP contribution >= 0.6 is 23.8 Å². The molecular weight excluding hydrogens is 372 g/mol. The molecule has 2 aromatic rings. The lowest BCUT2D eigenvalue weighted by Gasteiger charge is -2.52. The molecule has 4 rings (SSSR count). The highest BCUT2D eigenvalue weighted by molar-refractivity contribution is 7.80. The van der Waals surface area contributed by atoms with Crippen LogP contribution in [0.15, 0.2) is 42.5 Å². The predicted molar refractivity (Wildman–Crippen MR) is 104 cm³/mol. The highest BCUT2D eigenvalue weighted by Crippen LogP contribution is 2.45. The van der Waals surface area contributed by atoms with Crippen molar-refractivity contribution in [3.8, 4) is 5.75 Å². The van der Waals surface area contributed by atoms with E-state index in [1.807, 2.05) is 42.2 Å². The molecule has 2 unspecified atom stereocenters. The number of thiocarbonyl (C=S) groups is 1. The topological polar surface area (TPSA) is 50.8 Å². The number of benzene rings is 2. The van der Waals surface area contributed by atoms with Crippen molar-refractivity contribution in [1.29, 1.82) is 0 Å². The molecule has 1 fully saturated rings. The van der Waals surface area contributed by atoms with Gasteiger partial charge >= 0.3 is 5.97 Å². The van der Waals surface area contributed by atoms with E-state index in [2.05, 4.69) is 5.32 Å². The maximum atomic E-state index is 11.8. The van der Waals surface area contributed by atoms with Crippen molar-refractivity contribution in [2.24, 2.45) is 0 Å². The Morgan fingerprint density at radius 1 is 1.35 bits per heavy atom. The number of nitrogens with zero attached hydrogens (tertiary/aromatic N) is 1. The Labute approximate surface area is 161 Å². The highest BCUT2D eigenvalue weighted by Gasteiger charge is 2.48. The summed E-state index contributed by atoms with van der Waals surface area (Å²) < 4.78 is 11.2. The average molecular weight is 389 g/mol. The standard InChI is InChI=1S/C19H17ClN2O3S/c1-19-10-15(14-9-11(17(23)24-2)3-8-16(14)25-19)21-18(26)22(19)13-6-4-12(20)5-7-13/h3-9,15H,10H2,1-2H3,(H,21,26). The van der Waals surface area contributed by atoms with Gasteiger partial charge in [0.15, 0.2) is 10.8 Å². The van der Waals surface area contributed by atoms with Crippen LogP contribution in [0, 0.1) is 0 Å². The van der Waals surface area contributed by atoms with Crippen LogP contribution in [0.5, 0.6) is 5.75 Å². The number of hydrogen-bond donors (Lipinski definition) is 1. The van der Waals surface area contributed by atoms with Gasteiger partial charge in [-0.25, -0.2) is 4.79 Å². The molecule has 2 aromatic carbocycles. The highest BCUT2D eigenvalue weighted by atomic mass is 35.5. The van der Waals surface area contributed by atoms with E-state index in [4.69, 9.17) is 33.3 Å². The predicted octanol–water partition coefficient (Wildman–Crippen LogP) is 4.06. The lowest BCUT2D eigenvalue weighted by Crippen LogP contribution is -2.65. The molecule has 134 valence electrons. The molecule has 1 N–H and O–H groups in total.